The van der Waals surface area contributed by atoms with E-state index < -0.39 is 15.6 Å². The maximum absolute atomic E-state index is 11.9. The van der Waals surface area contributed by atoms with Gasteiger partial charge in [0.05, 0.1) is 6.26 Å². The number of sulfonamides is 1. The smallest absolute Gasteiger partial charge is 0.240 e. The van der Waals surface area contributed by atoms with E-state index in [4.69, 9.17) is 5.73 Å². The van der Waals surface area contributed by atoms with Gasteiger partial charge < -0.3 is 11.1 Å². The van der Waals surface area contributed by atoms with E-state index in [0.717, 1.165) is 11.8 Å². The summed E-state index contributed by atoms with van der Waals surface area (Å²) < 4.78 is 24.6. The lowest BCUT2D eigenvalue weighted by Crippen LogP contribution is -2.54. The summed E-state index contributed by atoms with van der Waals surface area (Å²) in [6.45, 7) is 3.47. The average molecular weight is 336 g/mol. The van der Waals surface area contributed by atoms with Gasteiger partial charge in [0.25, 0.3) is 0 Å². The second-order valence-electron chi connectivity index (χ2n) is 5.25. The van der Waals surface area contributed by atoms with Crippen molar-refractivity contribution in [2.24, 2.45) is 0 Å². The van der Waals surface area contributed by atoms with Crippen LogP contribution >= 0.6 is 12.4 Å². The van der Waals surface area contributed by atoms with Crippen LogP contribution in [-0.2, 0) is 21.2 Å². The maximum atomic E-state index is 11.9. The molecule has 0 fully saturated rings. The summed E-state index contributed by atoms with van der Waals surface area (Å²) in [5.74, 6) is -0.363. The molecule has 1 amide bonds. The molecule has 21 heavy (non-hydrogen) atoms. The average Bonchev–Trinajstić information content (AvgIpc) is 2.28. The number of rotatable bonds is 6. The lowest BCUT2D eigenvalue weighted by atomic mass is 10.1. The number of anilines is 1. The van der Waals surface area contributed by atoms with Crippen LogP contribution in [0.15, 0.2) is 24.3 Å². The fraction of sp³-hybridized carbons (Fsp3) is 0.462. The molecule has 0 aliphatic heterocycles. The molecular formula is C13H22ClN3O3S. The van der Waals surface area contributed by atoms with Gasteiger partial charge in [0, 0.05) is 12.2 Å². The molecule has 0 saturated carbocycles. The number of hydrogen-bond acceptors (Lipinski definition) is 4. The van der Waals surface area contributed by atoms with Crippen molar-refractivity contribution in [1.29, 1.82) is 0 Å². The van der Waals surface area contributed by atoms with Gasteiger partial charge in [0.2, 0.25) is 15.9 Å². The third-order valence-corrected chi connectivity index (χ3v) is 3.57. The van der Waals surface area contributed by atoms with E-state index in [1.165, 1.54) is 13.8 Å². The van der Waals surface area contributed by atoms with Crippen molar-refractivity contribution in [3.63, 3.8) is 0 Å². The number of nitrogens with two attached hydrogens (primary N) is 1. The third kappa shape index (κ3) is 7.31. The molecule has 6 nitrogen and oxygen atoms in total. The van der Waals surface area contributed by atoms with E-state index >= 15 is 0 Å². The van der Waals surface area contributed by atoms with Crippen molar-refractivity contribution >= 4 is 34.0 Å². The standard InChI is InChI=1S/C13H21N3O3S.ClH/c1-13(2,16-20(3,18)19)12(17)15-9-8-10-4-6-11(14)7-5-10;/h4-7,16H,8-9,14H2,1-3H3,(H,15,17);1H. The quantitative estimate of drug-likeness (QED) is 0.665. The Hall–Kier alpha value is -1.31. The summed E-state index contributed by atoms with van der Waals surface area (Å²) in [4.78, 5) is 11.9. The van der Waals surface area contributed by atoms with Crippen molar-refractivity contribution in [2.45, 2.75) is 25.8 Å². The molecule has 0 aliphatic rings. The van der Waals surface area contributed by atoms with E-state index in [1.807, 2.05) is 12.1 Å². The molecule has 0 heterocycles. The molecule has 0 atom stereocenters. The summed E-state index contributed by atoms with van der Waals surface area (Å²) in [7, 11) is -3.43. The Morgan fingerprint density at radius 2 is 1.76 bits per heavy atom. The number of nitrogen functional groups attached to an aromatic ring is 1. The molecular weight excluding hydrogens is 314 g/mol. The zero-order chi connectivity index (χ0) is 15.4. The van der Waals surface area contributed by atoms with Crippen LogP contribution in [0.4, 0.5) is 5.69 Å². The van der Waals surface area contributed by atoms with Gasteiger partial charge in [-0.1, -0.05) is 12.1 Å². The molecule has 0 saturated heterocycles. The highest BCUT2D eigenvalue weighted by Crippen LogP contribution is 2.07. The minimum absolute atomic E-state index is 0. The molecule has 4 N–H and O–H groups in total. The van der Waals surface area contributed by atoms with Gasteiger partial charge in [-0.25, -0.2) is 13.1 Å². The highest BCUT2D eigenvalue weighted by molar-refractivity contribution is 7.88. The summed E-state index contributed by atoms with van der Waals surface area (Å²) in [5.41, 5.74) is 6.15. The van der Waals surface area contributed by atoms with Crippen molar-refractivity contribution in [3.05, 3.63) is 29.8 Å². The predicted octanol–water partition coefficient (Wildman–Crippen LogP) is 0.677. The normalized spacial score (nSPS) is 11.6. The summed E-state index contributed by atoms with van der Waals surface area (Å²) in [6, 6.07) is 7.38. The summed E-state index contributed by atoms with van der Waals surface area (Å²) >= 11 is 0. The molecule has 0 spiro atoms. The van der Waals surface area contributed by atoms with E-state index in [0.29, 0.717) is 18.7 Å². The van der Waals surface area contributed by atoms with Crippen molar-refractivity contribution < 1.29 is 13.2 Å². The largest absolute Gasteiger partial charge is 0.399 e. The van der Waals surface area contributed by atoms with Gasteiger partial charge in [-0.2, -0.15) is 0 Å². The third-order valence-electron chi connectivity index (χ3n) is 2.69. The number of carbonyl (C=O) groups excluding carboxylic acids is 1. The number of nitrogens with one attached hydrogen (secondary N) is 2. The first kappa shape index (κ1) is 19.7. The molecule has 1 rings (SSSR count). The fourth-order valence-electron chi connectivity index (χ4n) is 1.74. The second-order valence-corrected chi connectivity index (χ2v) is 7.00. The first-order valence-electron chi connectivity index (χ1n) is 6.22. The van der Waals surface area contributed by atoms with Gasteiger partial charge in [-0.15, -0.1) is 12.4 Å². The van der Waals surface area contributed by atoms with E-state index in [1.54, 1.807) is 12.1 Å². The topological polar surface area (TPSA) is 101 Å². The monoisotopic (exact) mass is 335 g/mol. The van der Waals surface area contributed by atoms with E-state index in [9.17, 15) is 13.2 Å². The molecule has 0 radical (unpaired) electrons. The molecule has 0 aromatic heterocycles. The van der Waals surface area contributed by atoms with Gasteiger partial charge in [-0.05, 0) is 38.0 Å². The Morgan fingerprint density at radius 1 is 1.24 bits per heavy atom. The SMILES string of the molecule is CC(C)(NS(C)(=O)=O)C(=O)NCCc1ccc(N)cc1.Cl. The number of benzene rings is 1. The van der Waals surface area contributed by atoms with Crippen LogP contribution in [0.3, 0.4) is 0 Å². The van der Waals surface area contributed by atoms with Crippen molar-refractivity contribution in [2.75, 3.05) is 18.5 Å². The minimum Gasteiger partial charge on any atom is -0.399 e. The van der Waals surface area contributed by atoms with Crippen molar-refractivity contribution in [1.82, 2.24) is 10.0 Å². The van der Waals surface area contributed by atoms with Gasteiger partial charge in [-0.3, -0.25) is 4.79 Å². The Morgan fingerprint density at radius 3 is 2.24 bits per heavy atom. The van der Waals surface area contributed by atoms with Crippen LogP contribution in [-0.4, -0.2) is 32.7 Å². The molecule has 0 unspecified atom stereocenters. The predicted molar refractivity (Wildman–Crippen MR) is 86.9 cm³/mol. The summed E-state index contributed by atoms with van der Waals surface area (Å²) in [6.07, 6.45) is 1.68. The highest BCUT2D eigenvalue weighted by atomic mass is 35.5. The fourth-order valence-corrected chi connectivity index (χ4v) is 2.76. The number of halogens is 1. The van der Waals surface area contributed by atoms with Crippen molar-refractivity contribution in [3.8, 4) is 0 Å². The first-order chi connectivity index (χ1) is 9.10. The number of carbonyl (C=O) groups is 1. The number of hydrogen-bond donors (Lipinski definition) is 3. The van der Waals surface area contributed by atoms with Gasteiger partial charge >= 0.3 is 0 Å². The lowest BCUT2D eigenvalue weighted by Gasteiger charge is -2.23. The Balaban J connectivity index is 0.00000400. The number of amides is 1. The second kappa shape index (κ2) is 7.63. The molecule has 0 bridgehead atoms. The molecule has 0 aliphatic carbocycles. The van der Waals surface area contributed by atoms with Crippen LogP contribution in [0.5, 0.6) is 0 Å². The minimum atomic E-state index is -3.43. The highest BCUT2D eigenvalue weighted by Gasteiger charge is 2.30. The van der Waals surface area contributed by atoms with Crippen LogP contribution in [0.1, 0.15) is 19.4 Å². The molecule has 120 valence electrons. The molecule has 8 heteroatoms. The van der Waals surface area contributed by atoms with Crippen LogP contribution in [0.25, 0.3) is 0 Å². The Labute approximate surface area is 132 Å². The van der Waals surface area contributed by atoms with Crippen LogP contribution < -0.4 is 15.8 Å². The zero-order valence-corrected chi connectivity index (χ0v) is 14.0. The lowest BCUT2D eigenvalue weighted by molar-refractivity contribution is -0.125. The van der Waals surface area contributed by atoms with E-state index in [2.05, 4.69) is 10.0 Å². The Bertz CT molecular complexity index is 571. The Kier molecular flexibility index (Phi) is 7.15. The summed E-state index contributed by atoms with van der Waals surface area (Å²) in [5, 5.41) is 2.71. The molecule has 1 aromatic rings. The zero-order valence-electron chi connectivity index (χ0n) is 12.3. The molecule has 1 aromatic carbocycles. The maximum Gasteiger partial charge on any atom is 0.240 e. The van der Waals surface area contributed by atoms with Gasteiger partial charge in [0.1, 0.15) is 5.54 Å². The van der Waals surface area contributed by atoms with Crippen LogP contribution in [0.2, 0.25) is 0 Å². The van der Waals surface area contributed by atoms with Crippen LogP contribution in [0, 0.1) is 0 Å². The van der Waals surface area contributed by atoms with E-state index in [-0.39, 0.29) is 18.3 Å². The first-order valence-corrected chi connectivity index (χ1v) is 8.11. The van der Waals surface area contributed by atoms with Gasteiger partial charge in [0.15, 0.2) is 0 Å².